The quantitative estimate of drug-likeness (QED) is 0.745. The number of fused-ring (bicyclic) bond motifs is 1. The lowest BCUT2D eigenvalue weighted by Crippen LogP contribution is -2.21. The molecule has 2 aromatic heterocycles. The van der Waals surface area contributed by atoms with Crippen molar-refractivity contribution in [3.63, 3.8) is 0 Å². The first-order valence-corrected chi connectivity index (χ1v) is 6.50. The molecule has 0 aliphatic heterocycles. The Bertz CT molecular complexity index is 892. The second-order valence-corrected chi connectivity index (χ2v) is 4.72. The third-order valence-corrected chi connectivity index (χ3v) is 3.37. The summed E-state index contributed by atoms with van der Waals surface area (Å²) in [5, 5.41) is 2.53. The average Bonchev–Trinajstić information content (AvgIpc) is 2.82. The summed E-state index contributed by atoms with van der Waals surface area (Å²) in [6, 6.07) is 9.10. The number of aromatic nitrogens is 3. The van der Waals surface area contributed by atoms with Crippen LogP contribution in [0.3, 0.4) is 0 Å². The van der Waals surface area contributed by atoms with Crippen LogP contribution in [0.25, 0.3) is 16.7 Å². The number of benzene rings is 1. The molecule has 0 aliphatic carbocycles. The standard InChI is InChI=1S/C15H14N4O2/c1-9-7-11(14(20)16-2)17-8-13(9)19-12-6-4-3-5-10(12)18-15(19)21/h3-8H,1-2H3,(H,16,20)(H,18,21). The van der Waals surface area contributed by atoms with Gasteiger partial charge in [-0.15, -0.1) is 0 Å². The second-order valence-electron chi connectivity index (χ2n) is 4.72. The number of imidazole rings is 1. The zero-order chi connectivity index (χ0) is 15.0. The Kier molecular flexibility index (Phi) is 3.06. The predicted molar refractivity (Wildman–Crippen MR) is 79.8 cm³/mol. The number of pyridine rings is 1. The van der Waals surface area contributed by atoms with Crippen LogP contribution < -0.4 is 11.0 Å². The first-order chi connectivity index (χ1) is 10.1. The fourth-order valence-corrected chi connectivity index (χ4v) is 2.33. The molecule has 0 saturated heterocycles. The number of rotatable bonds is 2. The first-order valence-electron chi connectivity index (χ1n) is 6.50. The van der Waals surface area contributed by atoms with E-state index in [4.69, 9.17) is 0 Å². The van der Waals surface area contributed by atoms with Gasteiger partial charge in [0, 0.05) is 7.05 Å². The smallest absolute Gasteiger partial charge is 0.331 e. The van der Waals surface area contributed by atoms with Crippen LogP contribution in [0.1, 0.15) is 16.1 Å². The lowest BCUT2D eigenvalue weighted by atomic mass is 10.2. The third-order valence-electron chi connectivity index (χ3n) is 3.37. The number of carbonyl (C=O) groups is 1. The molecule has 2 heterocycles. The highest BCUT2D eigenvalue weighted by Crippen LogP contribution is 2.18. The van der Waals surface area contributed by atoms with Gasteiger partial charge in [-0.1, -0.05) is 12.1 Å². The maximum Gasteiger partial charge on any atom is 0.331 e. The van der Waals surface area contributed by atoms with Crippen molar-refractivity contribution in [2.75, 3.05) is 7.05 Å². The van der Waals surface area contributed by atoms with Crippen molar-refractivity contribution in [2.45, 2.75) is 6.92 Å². The van der Waals surface area contributed by atoms with Gasteiger partial charge in [0.25, 0.3) is 5.91 Å². The molecule has 6 nitrogen and oxygen atoms in total. The van der Waals surface area contributed by atoms with Crippen LogP contribution in [0.4, 0.5) is 0 Å². The van der Waals surface area contributed by atoms with Crippen molar-refractivity contribution >= 4 is 16.9 Å². The van der Waals surface area contributed by atoms with Crippen molar-refractivity contribution in [1.82, 2.24) is 19.9 Å². The van der Waals surface area contributed by atoms with E-state index < -0.39 is 0 Å². The molecule has 0 radical (unpaired) electrons. The molecule has 21 heavy (non-hydrogen) atoms. The Morgan fingerprint density at radius 1 is 1.33 bits per heavy atom. The predicted octanol–water partition coefficient (Wildman–Crippen LogP) is 1.38. The molecular weight excluding hydrogens is 268 g/mol. The van der Waals surface area contributed by atoms with Crippen LogP contribution in [0.5, 0.6) is 0 Å². The van der Waals surface area contributed by atoms with Gasteiger partial charge in [0.15, 0.2) is 0 Å². The molecule has 1 amide bonds. The van der Waals surface area contributed by atoms with Gasteiger partial charge >= 0.3 is 5.69 Å². The number of nitrogens with one attached hydrogen (secondary N) is 2. The largest absolute Gasteiger partial charge is 0.354 e. The van der Waals surface area contributed by atoms with Gasteiger partial charge in [0.2, 0.25) is 0 Å². The first kappa shape index (κ1) is 13.1. The summed E-state index contributed by atoms with van der Waals surface area (Å²) in [7, 11) is 1.55. The van der Waals surface area contributed by atoms with Gasteiger partial charge in [-0.3, -0.25) is 9.36 Å². The zero-order valence-electron chi connectivity index (χ0n) is 11.7. The minimum atomic E-state index is -0.254. The summed E-state index contributed by atoms with van der Waals surface area (Å²) in [6.07, 6.45) is 1.54. The SMILES string of the molecule is CNC(=O)c1cc(C)c(-n2c(=O)[nH]c3ccccc32)cn1. The number of para-hydroxylation sites is 2. The number of amides is 1. The lowest BCUT2D eigenvalue weighted by Gasteiger charge is -2.08. The average molecular weight is 282 g/mol. The highest BCUT2D eigenvalue weighted by molar-refractivity contribution is 5.92. The van der Waals surface area contributed by atoms with Gasteiger partial charge in [0.05, 0.1) is 22.9 Å². The topological polar surface area (TPSA) is 79.8 Å². The third kappa shape index (κ3) is 2.10. The Morgan fingerprint density at radius 2 is 2.10 bits per heavy atom. The maximum absolute atomic E-state index is 12.2. The number of carbonyl (C=O) groups excluding carboxylic acids is 1. The van der Waals surface area contributed by atoms with E-state index in [1.54, 1.807) is 23.9 Å². The number of aryl methyl sites for hydroxylation is 1. The van der Waals surface area contributed by atoms with E-state index in [0.29, 0.717) is 11.4 Å². The molecular formula is C15H14N4O2. The molecule has 6 heteroatoms. The Hall–Kier alpha value is -2.89. The van der Waals surface area contributed by atoms with E-state index in [0.717, 1.165) is 16.6 Å². The number of hydrogen-bond acceptors (Lipinski definition) is 3. The highest BCUT2D eigenvalue weighted by Gasteiger charge is 2.13. The minimum absolute atomic E-state index is 0.228. The molecule has 3 rings (SSSR count). The van der Waals surface area contributed by atoms with Gasteiger partial charge < -0.3 is 10.3 Å². The second kappa shape index (κ2) is 4.90. The molecule has 0 aliphatic rings. The number of hydrogen-bond donors (Lipinski definition) is 2. The molecule has 106 valence electrons. The molecule has 0 fully saturated rings. The number of nitrogens with zero attached hydrogens (tertiary/aromatic N) is 2. The van der Waals surface area contributed by atoms with Gasteiger partial charge in [0.1, 0.15) is 5.69 Å². The van der Waals surface area contributed by atoms with Crippen molar-refractivity contribution < 1.29 is 4.79 Å². The molecule has 2 N–H and O–H groups in total. The van der Waals surface area contributed by atoms with Crippen molar-refractivity contribution in [3.8, 4) is 5.69 Å². The molecule has 1 aromatic carbocycles. The van der Waals surface area contributed by atoms with Crippen LogP contribution in [-0.4, -0.2) is 27.5 Å². The summed E-state index contributed by atoms with van der Waals surface area (Å²) in [5.41, 5.74) is 3.10. The van der Waals surface area contributed by atoms with Crippen LogP contribution in [-0.2, 0) is 0 Å². The monoisotopic (exact) mass is 282 g/mol. The normalized spacial score (nSPS) is 10.8. The Morgan fingerprint density at radius 3 is 2.81 bits per heavy atom. The number of aromatic amines is 1. The summed E-state index contributed by atoms with van der Waals surface area (Å²) in [6.45, 7) is 1.84. The van der Waals surface area contributed by atoms with E-state index >= 15 is 0 Å². The van der Waals surface area contributed by atoms with E-state index in [-0.39, 0.29) is 11.6 Å². The fraction of sp³-hybridized carbons (Fsp3) is 0.133. The van der Waals surface area contributed by atoms with Crippen molar-refractivity contribution in [1.29, 1.82) is 0 Å². The molecule has 0 spiro atoms. The summed E-state index contributed by atoms with van der Waals surface area (Å²) < 4.78 is 1.56. The zero-order valence-corrected chi connectivity index (χ0v) is 11.7. The van der Waals surface area contributed by atoms with E-state index in [1.807, 2.05) is 31.2 Å². The van der Waals surface area contributed by atoms with Crippen LogP contribution in [0.2, 0.25) is 0 Å². The van der Waals surface area contributed by atoms with Crippen molar-refractivity contribution in [2.24, 2.45) is 0 Å². The molecule has 0 bridgehead atoms. The molecule has 0 saturated carbocycles. The maximum atomic E-state index is 12.2. The van der Waals surface area contributed by atoms with Gasteiger partial charge in [-0.05, 0) is 30.7 Å². The van der Waals surface area contributed by atoms with E-state index in [1.165, 1.54) is 0 Å². The highest BCUT2D eigenvalue weighted by atomic mass is 16.2. The summed E-state index contributed by atoms with van der Waals surface area (Å²) in [4.78, 5) is 30.7. The molecule has 3 aromatic rings. The molecule has 0 unspecified atom stereocenters. The van der Waals surface area contributed by atoms with Gasteiger partial charge in [-0.25, -0.2) is 9.78 Å². The van der Waals surface area contributed by atoms with Crippen LogP contribution in [0, 0.1) is 6.92 Å². The Labute approximate surface area is 120 Å². The van der Waals surface area contributed by atoms with Crippen LogP contribution in [0.15, 0.2) is 41.3 Å². The van der Waals surface area contributed by atoms with Crippen molar-refractivity contribution in [3.05, 3.63) is 58.3 Å². The number of H-pyrrole nitrogens is 1. The van der Waals surface area contributed by atoms with Crippen LogP contribution >= 0.6 is 0 Å². The lowest BCUT2D eigenvalue weighted by molar-refractivity contribution is 0.0958. The summed E-state index contributed by atoms with van der Waals surface area (Å²) >= 11 is 0. The van der Waals surface area contributed by atoms with E-state index in [9.17, 15) is 9.59 Å². The fourth-order valence-electron chi connectivity index (χ4n) is 2.33. The minimum Gasteiger partial charge on any atom is -0.354 e. The molecule has 0 atom stereocenters. The van der Waals surface area contributed by atoms with Gasteiger partial charge in [-0.2, -0.15) is 0 Å². The van der Waals surface area contributed by atoms with E-state index in [2.05, 4.69) is 15.3 Å². The summed E-state index contributed by atoms with van der Waals surface area (Å²) in [5.74, 6) is -0.254. The Balaban J connectivity index is 2.22.